The fourth-order valence-electron chi connectivity index (χ4n) is 2.40. The molecule has 22 heavy (non-hydrogen) atoms. The van der Waals surface area contributed by atoms with Gasteiger partial charge in [-0.1, -0.05) is 36.1 Å². The fourth-order valence-corrected chi connectivity index (χ4v) is 3.66. The minimum Gasteiger partial charge on any atom is -0.508 e. The van der Waals surface area contributed by atoms with Crippen molar-refractivity contribution in [3.8, 4) is 5.75 Å². The molecule has 2 N–H and O–H groups in total. The number of ether oxygens (including phenoxy) is 1. The van der Waals surface area contributed by atoms with Crippen LogP contribution in [0, 0.1) is 0 Å². The van der Waals surface area contributed by atoms with Crippen LogP contribution >= 0.6 is 24.0 Å². The number of aromatic hydroxyl groups is 1. The predicted molar refractivity (Wildman–Crippen MR) is 89.5 cm³/mol. The molecule has 0 aromatic heterocycles. The van der Waals surface area contributed by atoms with Gasteiger partial charge >= 0.3 is 0 Å². The number of carbonyl (C=O) groups excluding carboxylic acids is 1. The van der Waals surface area contributed by atoms with Crippen LogP contribution in [0.1, 0.15) is 5.56 Å². The molecule has 0 saturated carbocycles. The largest absolute Gasteiger partial charge is 0.508 e. The SMILES string of the molecule is O=C1/C(=C/c2ccc(O)cc2)SC(=S)N1C[NH+]1CCOCC1. The number of nitrogens with one attached hydrogen (secondary N) is 1. The number of rotatable bonds is 3. The van der Waals surface area contributed by atoms with Gasteiger partial charge in [0.2, 0.25) is 0 Å². The van der Waals surface area contributed by atoms with Gasteiger partial charge in [0, 0.05) is 0 Å². The average Bonchev–Trinajstić information content (AvgIpc) is 2.78. The van der Waals surface area contributed by atoms with Gasteiger partial charge in [0.25, 0.3) is 5.91 Å². The molecule has 2 aliphatic heterocycles. The third-order valence-corrected chi connectivity index (χ3v) is 5.02. The molecule has 2 saturated heterocycles. The van der Waals surface area contributed by atoms with Gasteiger partial charge in [-0.25, -0.2) is 4.90 Å². The number of phenols is 1. The van der Waals surface area contributed by atoms with Gasteiger partial charge in [0.15, 0.2) is 11.0 Å². The molecule has 0 spiro atoms. The third-order valence-electron chi connectivity index (χ3n) is 3.65. The van der Waals surface area contributed by atoms with Gasteiger partial charge in [0.1, 0.15) is 18.8 Å². The van der Waals surface area contributed by atoms with Gasteiger partial charge in [-0.15, -0.1) is 0 Å². The van der Waals surface area contributed by atoms with Crippen LogP contribution in [0.5, 0.6) is 5.75 Å². The second-order valence-electron chi connectivity index (χ2n) is 5.22. The number of hydrogen-bond donors (Lipinski definition) is 2. The van der Waals surface area contributed by atoms with E-state index in [0.717, 1.165) is 31.9 Å². The van der Waals surface area contributed by atoms with E-state index >= 15 is 0 Å². The summed E-state index contributed by atoms with van der Waals surface area (Å²) in [7, 11) is 0. The van der Waals surface area contributed by atoms with Crippen LogP contribution in [0.4, 0.5) is 0 Å². The highest BCUT2D eigenvalue weighted by atomic mass is 32.2. The zero-order chi connectivity index (χ0) is 15.5. The minimum absolute atomic E-state index is 0.0398. The Hall–Kier alpha value is -1.41. The van der Waals surface area contributed by atoms with Gasteiger partial charge in [-0.2, -0.15) is 0 Å². The van der Waals surface area contributed by atoms with E-state index in [2.05, 4.69) is 0 Å². The molecule has 0 unspecified atom stereocenters. The fraction of sp³-hybridized carbons (Fsp3) is 0.333. The van der Waals surface area contributed by atoms with Crippen LogP contribution in [-0.4, -0.2) is 53.2 Å². The van der Waals surface area contributed by atoms with Crippen molar-refractivity contribution < 1.29 is 19.5 Å². The summed E-state index contributed by atoms with van der Waals surface area (Å²) in [5.41, 5.74) is 0.872. The van der Waals surface area contributed by atoms with Crippen molar-refractivity contribution in [1.82, 2.24) is 4.90 Å². The molecule has 116 valence electrons. The van der Waals surface area contributed by atoms with Gasteiger partial charge in [0.05, 0.1) is 18.1 Å². The van der Waals surface area contributed by atoms with Gasteiger partial charge in [-0.3, -0.25) is 4.79 Å². The predicted octanol–water partition coefficient (Wildman–Crippen LogP) is 0.466. The van der Waals surface area contributed by atoms with Crippen molar-refractivity contribution in [2.75, 3.05) is 33.0 Å². The standard InChI is InChI=1S/C15H16N2O3S2/c18-12-3-1-11(2-4-12)9-13-14(19)17(15(21)22-13)10-16-5-7-20-8-6-16/h1-4,9,18H,5-8,10H2/p+1/b13-9-. The first-order valence-corrected chi connectivity index (χ1v) is 8.32. The molecular formula is C15H17N2O3S2+. The molecule has 7 heteroatoms. The molecule has 0 atom stereocenters. The Bertz CT molecular complexity index is 610. The molecule has 2 aliphatic rings. The van der Waals surface area contributed by atoms with Crippen LogP contribution in [0.15, 0.2) is 29.2 Å². The number of carbonyl (C=O) groups is 1. The summed E-state index contributed by atoms with van der Waals surface area (Å²) in [4.78, 5) is 16.1. The first-order chi connectivity index (χ1) is 10.6. The molecule has 1 aromatic carbocycles. The summed E-state index contributed by atoms with van der Waals surface area (Å²) in [5.74, 6) is 0.169. The van der Waals surface area contributed by atoms with E-state index < -0.39 is 0 Å². The van der Waals surface area contributed by atoms with Crippen LogP contribution in [-0.2, 0) is 9.53 Å². The molecule has 0 bridgehead atoms. The van der Waals surface area contributed by atoms with Crippen LogP contribution in [0.3, 0.4) is 0 Å². The lowest BCUT2D eigenvalue weighted by molar-refractivity contribution is -0.914. The highest BCUT2D eigenvalue weighted by molar-refractivity contribution is 8.26. The number of benzene rings is 1. The van der Waals surface area contributed by atoms with Crippen LogP contribution in [0.2, 0.25) is 0 Å². The van der Waals surface area contributed by atoms with Crippen molar-refractivity contribution in [2.45, 2.75) is 0 Å². The van der Waals surface area contributed by atoms with Gasteiger partial charge < -0.3 is 14.7 Å². The van der Waals surface area contributed by atoms with Crippen molar-refractivity contribution in [3.63, 3.8) is 0 Å². The number of hydrogen-bond acceptors (Lipinski definition) is 5. The Morgan fingerprint density at radius 2 is 2.00 bits per heavy atom. The summed E-state index contributed by atoms with van der Waals surface area (Å²) in [6.07, 6.45) is 1.81. The molecular weight excluding hydrogens is 320 g/mol. The lowest BCUT2D eigenvalue weighted by Crippen LogP contribution is -3.15. The number of nitrogens with zero attached hydrogens (tertiary/aromatic N) is 1. The van der Waals surface area contributed by atoms with Crippen molar-refractivity contribution in [1.29, 1.82) is 0 Å². The first kappa shape index (κ1) is 15.5. The normalized spacial score (nSPS) is 21.8. The van der Waals surface area contributed by atoms with E-state index in [1.165, 1.54) is 16.7 Å². The number of thioether (sulfide) groups is 1. The Balaban J connectivity index is 1.71. The Kier molecular flexibility index (Phi) is 4.77. The molecule has 5 nitrogen and oxygen atoms in total. The van der Waals surface area contributed by atoms with E-state index in [4.69, 9.17) is 17.0 Å². The maximum Gasteiger partial charge on any atom is 0.270 e. The zero-order valence-electron chi connectivity index (χ0n) is 11.9. The molecule has 0 radical (unpaired) electrons. The van der Waals surface area contributed by atoms with Crippen LogP contribution < -0.4 is 4.90 Å². The first-order valence-electron chi connectivity index (χ1n) is 7.09. The van der Waals surface area contributed by atoms with E-state index in [1.807, 2.05) is 6.08 Å². The summed E-state index contributed by atoms with van der Waals surface area (Å²) in [6, 6.07) is 6.75. The average molecular weight is 337 g/mol. The number of thiocarbonyl (C=S) groups is 1. The van der Waals surface area contributed by atoms with E-state index in [9.17, 15) is 9.90 Å². The number of quaternary nitrogens is 1. The highest BCUT2D eigenvalue weighted by Crippen LogP contribution is 2.32. The summed E-state index contributed by atoms with van der Waals surface area (Å²) < 4.78 is 5.94. The smallest absolute Gasteiger partial charge is 0.270 e. The maximum absolute atomic E-state index is 12.5. The minimum atomic E-state index is -0.0398. The molecule has 0 aliphatic carbocycles. The van der Waals surface area contributed by atoms with E-state index in [1.54, 1.807) is 29.2 Å². The van der Waals surface area contributed by atoms with Gasteiger partial charge in [-0.05, 0) is 23.8 Å². The van der Waals surface area contributed by atoms with E-state index in [0.29, 0.717) is 15.9 Å². The lowest BCUT2D eigenvalue weighted by Gasteiger charge is -2.27. The topological polar surface area (TPSA) is 54.2 Å². The summed E-state index contributed by atoms with van der Waals surface area (Å²) >= 11 is 6.67. The quantitative estimate of drug-likeness (QED) is 0.620. The molecule has 1 aromatic rings. The molecule has 1 amide bonds. The maximum atomic E-state index is 12.5. The second kappa shape index (κ2) is 6.78. The van der Waals surface area contributed by atoms with Crippen LogP contribution in [0.25, 0.3) is 6.08 Å². The molecule has 2 heterocycles. The van der Waals surface area contributed by atoms with Crippen molar-refractivity contribution >= 4 is 40.3 Å². The summed E-state index contributed by atoms with van der Waals surface area (Å²) in [6.45, 7) is 3.85. The monoisotopic (exact) mass is 337 g/mol. The number of phenolic OH excluding ortho intramolecular Hbond substituents is 1. The molecule has 2 fully saturated rings. The molecule has 3 rings (SSSR count). The van der Waals surface area contributed by atoms with Crippen molar-refractivity contribution in [3.05, 3.63) is 34.7 Å². The Morgan fingerprint density at radius 1 is 1.32 bits per heavy atom. The second-order valence-corrected chi connectivity index (χ2v) is 6.90. The highest BCUT2D eigenvalue weighted by Gasteiger charge is 2.34. The Morgan fingerprint density at radius 3 is 2.68 bits per heavy atom. The van der Waals surface area contributed by atoms with Crippen molar-refractivity contribution in [2.24, 2.45) is 0 Å². The lowest BCUT2D eigenvalue weighted by atomic mass is 10.2. The number of amides is 1. The third kappa shape index (κ3) is 3.49. The summed E-state index contributed by atoms with van der Waals surface area (Å²) in [5, 5.41) is 9.30. The van der Waals surface area contributed by atoms with E-state index in [-0.39, 0.29) is 11.7 Å². The number of morpholine rings is 1. The Labute approximate surface area is 138 Å². The zero-order valence-corrected chi connectivity index (χ0v) is 13.6.